The first-order valence-corrected chi connectivity index (χ1v) is 6.32. The largest absolute Gasteiger partial charge is 0.421 e. The molecule has 0 aliphatic carbocycles. The summed E-state index contributed by atoms with van der Waals surface area (Å²) in [5.74, 6) is -1.09. The standard InChI is InChI=1S/C13H13F4N3O/c1-2-18-6-5-11-19-20-12(21-11)8-3-4-10(14)9(7-8)13(15,16)17/h3-4,7,18H,2,5-6H2,1H3. The van der Waals surface area contributed by atoms with Gasteiger partial charge < -0.3 is 9.73 Å². The van der Waals surface area contributed by atoms with Gasteiger partial charge in [0, 0.05) is 18.5 Å². The topological polar surface area (TPSA) is 51.0 Å². The Morgan fingerprint density at radius 1 is 1.24 bits per heavy atom. The summed E-state index contributed by atoms with van der Waals surface area (Å²) in [6.07, 6.45) is -4.30. The van der Waals surface area contributed by atoms with E-state index in [0.717, 1.165) is 12.6 Å². The van der Waals surface area contributed by atoms with Crippen LogP contribution in [0.25, 0.3) is 11.5 Å². The second-order valence-corrected chi connectivity index (χ2v) is 4.30. The minimum atomic E-state index is -4.77. The van der Waals surface area contributed by atoms with Gasteiger partial charge in [-0.2, -0.15) is 13.2 Å². The van der Waals surface area contributed by atoms with Crippen molar-refractivity contribution in [2.45, 2.75) is 19.5 Å². The van der Waals surface area contributed by atoms with E-state index in [1.54, 1.807) is 0 Å². The van der Waals surface area contributed by atoms with Gasteiger partial charge in [-0.15, -0.1) is 10.2 Å². The Morgan fingerprint density at radius 2 is 2.00 bits per heavy atom. The molecule has 1 N–H and O–H groups in total. The summed E-state index contributed by atoms with van der Waals surface area (Å²) in [4.78, 5) is 0. The van der Waals surface area contributed by atoms with Gasteiger partial charge in [0.25, 0.3) is 0 Å². The summed E-state index contributed by atoms with van der Waals surface area (Å²) in [6.45, 7) is 3.35. The third-order valence-corrected chi connectivity index (χ3v) is 2.75. The van der Waals surface area contributed by atoms with Crippen LogP contribution < -0.4 is 5.32 Å². The van der Waals surface area contributed by atoms with E-state index in [1.165, 1.54) is 6.07 Å². The van der Waals surface area contributed by atoms with Crippen molar-refractivity contribution in [1.29, 1.82) is 0 Å². The maximum atomic E-state index is 13.2. The molecule has 0 spiro atoms. The molecule has 0 unspecified atom stereocenters. The van der Waals surface area contributed by atoms with Gasteiger partial charge in [-0.05, 0) is 24.7 Å². The number of alkyl halides is 3. The number of benzene rings is 1. The molecule has 4 nitrogen and oxygen atoms in total. The Hall–Kier alpha value is -1.96. The highest BCUT2D eigenvalue weighted by Crippen LogP contribution is 2.33. The molecule has 0 atom stereocenters. The van der Waals surface area contributed by atoms with E-state index < -0.39 is 17.6 Å². The number of hydrogen-bond acceptors (Lipinski definition) is 4. The zero-order valence-electron chi connectivity index (χ0n) is 11.2. The van der Waals surface area contributed by atoms with Crippen molar-refractivity contribution in [2.24, 2.45) is 0 Å². The van der Waals surface area contributed by atoms with E-state index in [9.17, 15) is 17.6 Å². The number of nitrogens with one attached hydrogen (secondary N) is 1. The molecular weight excluding hydrogens is 290 g/mol. The van der Waals surface area contributed by atoms with Crippen molar-refractivity contribution in [1.82, 2.24) is 15.5 Å². The minimum absolute atomic E-state index is 0.0333. The number of rotatable bonds is 5. The third-order valence-electron chi connectivity index (χ3n) is 2.75. The lowest BCUT2D eigenvalue weighted by Gasteiger charge is -2.08. The van der Waals surface area contributed by atoms with Crippen molar-refractivity contribution in [3.63, 3.8) is 0 Å². The summed E-state index contributed by atoms with van der Waals surface area (Å²) in [6, 6.07) is 2.57. The third kappa shape index (κ3) is 3.78. The highest BCUT2D eigenvalue weighted by atomic mass is 19.4. The first-order valence-electron chi connectivity index (χ1n) is 6.32. The molecule has 1 aromatic heterocycles. The van der Waals surface area contributed by atoms with Crippen LogP contribution in [0.15, 0.2) is 22.6 Å². The molecule has 0 bridgehead atoms. The average molecular weight is 303 g/mol. The molecule has 2 aromatic rings. The van der Waals surface area contributed by atoms with Crippen LogP contribution in [0.4, 0.5) is 17.6 Å². The molecule has 1 aromatic carbocycles. The predicted octanol–water partition coefficient (Wildman–Crippen LogP) is 3.05. The monoisotopic (exact) mass is 303 g/mol. The fraction of sp³-hybridized carbons (Fsp3) is 0.385. The summed E-state index contributed by atoms with van der Waals surface area (Å²) in [5, 5.41) is 10.5. The van der Waals surface area contributed by atoms with Gasteiger partial charge in [-0.3, -0.25) is 0 Å². The van der Waals surface area contributed by atoms with Crippen LogP contribution in [0.1, 0.15) is 18.4 Å². The average Bonchev–Trinajstić information content (AvgIpc) is 2.87. The first-order chi connectivity index (χ1) is 9.91. The van der Waals surface area contributed by atoms with Crippen LogP contribution in [0.2, 0.25) is 0 Å². The van der Waals surface area contributed by atoms with Crippen molar-refractivity contribution in [3.8, 4) is 11.5 Å². The quantitative estimate of drug-likeness (QED) is 0.681. The zero-order valence-corrected chi connectivity index (χ0v) is 11.2. The van der Waals surface area contributed by atoms with E-state index in [-0.39, 0.29) is 11.5 Å². The predicted molar refractivity (Wildman–Crippen MR) is 66.9 cm³/mol. The fourth-order valence-corrected chi connectivity index (χ4v) is 1.72. The van der Waals surface area contributed by atoms with Gasteiger partial charge in [-0.25, -0.2) is 4.39 Å². The Labute approximate surface area is 118 Å². The van der Waals surface area contributed by atoms with Crippen LogP contribution in [0, 0.1) is 5.82 Å². The van der Waals surface area contributed by atoms with Gasteiger partial charge in [0.2, 0.25) is 11.8 Å². The number of likely N-dealkylation sites (N-methyl/N-ethyl adjacent to an activating group) is 1. The van der Waals surface area contributed by atoms with Crippen LogP contribution in [-0.2, 0) is 12.6 Å². The summed E-state index contributed by atoms with van der Waals surface area (Å²) in [7, 11) is 0. The van der Waals surface area contributed by atoms with Crippen LogP contribution >= 0.6 is 0 Å². The molecule has 2 rings (SSSR count). The SMILES string of the molecule is CCNCCc1nnc(-c2ccc(F)c(C(F)(F)F)c2)o1. The van der Waals surface area contributed by atoms with Crippen molar-refractivity contribution in [2.75, 3.05) is 13.1 Å². The van der Waals surface area contributed by atoms with E-state index in [2.05, 4.69) is 15.5 Å². The molecule has 8 heteroatoms. The van der Waals surface area contributed by atoms with Crippen molar-refractivity contribution >= 4 is 0 Å². The second-order valence-electron chi connectivity index (χ2n) is 4.30. The molecule has 0 aliphatic heterocycles. The first kappa shape index (κ1) is 15.4. The van der Waals surface area contributed by atoms with E-state index in [4.69, 9.17) is 4.42 Å². The smallest absolute Gasteiger partial charge is 0.419 e. The molecule has 0 radical (unpaired) electrons. The lowest BCUT2D eigenvalue weighted by Crippen LogP contribution is -2.16. The van der Waals surface area contributed by atoms with Gasteiger partial charge in [0.1, 0.15) is 5.82 Å². The van der Waals surface area contributed by atoms with Gasteiger partial charge in [-0.1, -0.05) is 6.92 Å². The second kappa shape index (κ2) is 6.21. The van der Waals surface area contributed by atoms with Crippen LogP contribution in [0.3, 0.4) is 0 Å². The van der Waals surface area contributed by atoms with Gasteiger partial charge in [0.05, 0.1) is 5.56 Å². The molecule has 0 fully saturated rings. The van der Waals surface area contributed by atoms with Gasteiger partial charge in [0.15, 0.2) is 0 Å². The minimum Gasteiger partial charge on any atom is -0.421 e. The zero-order chi connectivity index (χ0) is 15.5. The van der Waals surface area contributed by atoms with Gasteiger partial charge >= 0.3 is 6.18 Å². The molecule has 114 valence electrons. The maximum Gasteiger partial charge on any atom is 0.419 e. The van der Waals surface area contributed by atoms with Crippen molar-refractivity contribution in [3.05, 3.63) is 35.5 Å². The highest BCUT2D eigenvalue weighted by Gasteiger charge is 2.34. The normalized spacial score (nSPS) is 11.9. The molecule has 1 heterocycles. The molecule has 0 saturated carbocycles. The summed E-state index contributed by atoms with van der Waals surface area (Å²) < 4.78 is 56.4. The number of halogens is 4. The molecular formula is C13H13F4N3O. The Kier molecular flexibility index (Phi) is 4.56. The summed E-state index contributed by atoms with van der Waals surface area (Å²) >= 11 is 0. The van der Waals surface area contributed by atoms with Crippen LogP contribution in [0.5, 0.6) is 0 Å². The summed E-state index contributed by atoms with van der Waals surface area (Å²) in [5.41, 5.74) is -1.32. The Bertz CT molecular complexity index is 610. The molecule has 0 amide bonds. The van der Waals surface area contributed by atoms with E-state index >= 15 is 0 Å². The number of aromatic nitrogens is 2. The Balaban J connectivity index is 2.22. The maximum absolute atomic E-state index is 13.2. The highest BCUT2D eigenvalue weighted by molar-refractivity contribution is 5.54. The van der Waals surface area contributed by atoms with Crippen LogP contribution in [-0.4, -0.2) is 23.3 Å². The lowest BCUT2D eigenvalue weighted by atomic mass is 10.1. The van der Waals surface area contributed by atoms with E-state index in [0.29, 0.717) is 24.9 Å². The lowest BCUT2D eigenvalue weighted by molar-refractivity contribution is -0.139. The van der Waals surface area contributed by atoms with Crippen molar-refractivity contribution < 1.29 is 22.0 Å². The van der Waals surface area contributed by atoms with E-state index in [1.807, 2.05) is 6.92 Å². The number of nitrogens with zero attached hydrogens (tertiary/aromatic N) is 2. The molecule has 21 heavy (non-hydrogen) atoms. The number of hydrogen-bond donors (Lipinski definition) is 1. The Morgan fingerprint density at radius 3 is 2.67 bits per heavy atom. The molecule has 0 saturated heterocycles. The fourth-order valence-electron chi connectivity index (χ4n) is 1.72. The molecule has 0 aliphatic rings.